The number of hydrogen-bond acceptors (Lipinski definition) is 5. The fraction of sp³-hybridized carbons (Fsp3) is 0.391. The van der Waals surface area contributed by atoms with E-state index in [1.807, 2.05) is 51.1 Å². The molecule has 3 aromatic rings. The van der Waals surface area contributed by atoms with Crippen LogP contribution in [0.1, 0.15) is 56.9 Å². The standard InChI is InChI=1S/C23H28N4O3/c1-5-9-16(4)25-21(28)14-30-23(29)18-12-20(17-10-7-6-8-11-17)26-22-19(18)13-24-27(22)15(2)3/h6-8,10-13,15-16H,5,9,14H2,1-4H3,(H,25,28). The molecule has 1 atom stereocenters. The van der Waals surface area contributed by atoms with Gasteiger partial charge in [-0.05, 0) is 33.3 Å². The number of ether oxygens (including phenoxy) is 1. The van der Waals surface area contributed by atoms with Gasteiger partial charge in [0.2, 0.25) is 0 Å². The molecule has 158 valence electrons. The molecule has 30 heavy (non-hydrogen) atoms. The van der Waals surface area contributed by atoms with Gasteiger partial charge in [0.15, 0.2) is 12.3 Å². The molecule has 0 aliphatic rings. The number of rotatable bonds is 8. The summed E-state index contributed by atoms with van der Waals surface area (Å²) in [6, 6.07) is 11.4. The molecule has 0 saturated carbocycles. The van der Waals surface area contributed by atoms with Crippen LogP contribution in [0.15, 0.2) is 42.6 Å². The molecular formula is C23H28N4O3. The number of carbonyl (C=O) groups is 2. The summed E-state index contributed by atoms with van der Waals surface area (Å²) in [5.74, 6) is -0.878. The quantitative estimate of drug-likeness (QED) is 0.566. The Labute approximate surface area is 176 Å². The van der Waals surface area contributed by atoms with Crippen molar-refractivity contribution < 1.29 is 14.3 Å². The first-order chi connectivity index (χ1) is 14.4. The Morgan fingerprint density at radius 1 is 1.17 bits per heavy atom. The third-order valence-corrected chi connectivity index (χ3v) is 4.81. The summed E-state index contributed by atoms with van der Waals surface area (Å²) in [4.78, 5) is 29.7. The van der Waals surface area contributed by atoms with Crippen LogP contribution in [0.5, 0.6) is 0 Å². The predicted octanol–water partition coefficient (Wildman–Crippen LogP) is 4.14. The van der Waals surface area contributed by atoms with Crippen molar-refractivity contribution in [3.05, 3.63) is 48.2 Å². The monoisotopic (exact) mass is 408 g/mol. The molecule has 0 aliphatic heterocycles. The number of carbonyl (C=O) groups excluding carboxylic acids is 2. The molecule has 0 radical (unpaired) electrons. The third kappa shape index (κ3) is 4.84. The zero-order valence-corrected chi connectivity index (χ0v) is 17.9. The minimum absolute atomic E-state index is 0.0443. The van der Waals surface area contributed by atoms with E-state index in [9.17, 15) is 9.59 Å². The van der Waals surface area contributed by atoms with Crippen LogP contribution in [-0.4, -0.2) is 39.3 Å². The van der Waals surface area contributed by atoms with Crippen molar-refractivity contribution in [1.29, 1.82) is 0 Å². The molecule has 0 aliphatic carbocycles. The normalized spacial score (nSPS) is 12.2. The molecule has 1 amide bonds. The second-order valence-electron chi connectivity index (χ2n) is 7.67. The fourth-order valence-corrected chi connectivity index (χ4v) is 3.35. The molecule has 0 fully saturated rings. The van der Waals surface area contributed by atoms with E-state index in [2.05, 4.69) is 17.3 Å². The molecule has 2 aromatic heterocycles. The number of aromatic nitrogens is 3. The second kappa shape index (κ2) is 9.52. The topological polar surface area (TPSA) is 86.1 Å². The fourth-order valence-electron chi connectivity index (χ4n) is 3.35. The highest BCUT2D eigenvalue weighted by Gasteiger charge is 2.20. The number of nitrogens with zero attached hydrogens (tertiary/aromatic N) is 3. The molecule has 1 unspecified atom stereocenters. The summed E-state index contributed by atoms with van der Waals surface area (Å²) in [6.07, 6.45) is 3.47. The van der Waals surface area contributed by atoms with E-state index in [4.69, 9.17) is 9.72 Å². The van der Waals surface area contributed by atoms with E-state index in [-0.39, 0.29) is 24.6 Å². The van der Waals surface area contributed by atoms with E-state index in [0.717, 1.165) is 18.4 Å². The first kappa shape index (κ1) is 21.5. The van der Waals surface area contributed by atoms with Gasteiger partial charge in [0.25, 0.3) is 5.91 Å². The van der Waals surface area contributed by atoms with Crippen LogP contribution < -0.4 is 5.32 Å². The lowest BCUT2D eigenvalue weighted by Crippen LogP contribution is -2.35. The van der Waals surface area contributed by atoms with Crippen LogP contribution in [0, 0.1) is 0 Å². The number of amides is 1. The van der Waals surface area contributed by atoms with Crippen molar-refractivity contribution in [2.24, 2.45) is 0 Å². The maximum Gasteiger partial charge on any atom is 0.339 e. The van der Waals surface area contributed by atoms with Crippen LogP contribution in [-0.2, 0) is 9.53 Å². The molecule has 1 aromatic carbocycles. The lowest BCUT2D eigenvalue weighted by Gasteiger charge is -2.13. The van der Waals surface area contributed by atoms with Crippen LogP contribution in [0.25, 0.3) is 22.3 Å². The minimum atomic E-state index is -0.568. The molecule has 0 bridgehead atoms. The number of esters is 1. The van der Waals surface area contributed by atoms with Gasteiger partial charge in [0.05, 0.1) is 22.8 Å². The van der Waals surface area contributed by atoms with E-state index in [0.29, 0.717) is 22.3 Å². The average Bonchev–Trinajstić information content (AvgIpc) is 3.16. The van der Waals surface area contributed by atoms with Crippen molar-refractivity contribution in [2.75, 3.05) is 6.61 Å². The van der Waals surface area contributed by atoms with Crippen LogP contribution in [0.2, 0.25) is 0 Å². The molecular weight excluding hydrogens is 380 g/mol. The van der Waals surface area contributed by atoms with Gasteiger partial charge in [-0.15, -0.1) is 0 Å². The van der Waals surface area contributed by atoms with Crippen molar-refractivity contribution in [3.8, 4) is 11.3 Å². The summed E-state index contributed by atoms with van der Waals surface area (Å²) >= 11 is 0. The summed E-state index contributed by atoms with van der Waals surface area (Å²) < 4.78 is 7.10. The number of hydrogen-bond donors (Lipinski definition) is 1. The number of benzene rings is 1. The van der Waals surface area contributed by atoms with Gasteiger partial charge in [-0.1, -0.05) is 43.7 Å². The average molecular weight is 409 g/mol. The van der Waals surface area contributed by atoms with Gasteiger partial charge in [-0.25, -0.2) is 14.5 Å². The molecule has 0 spiro atoms. The van der Waals surface area contributed by atoms with E-state index >= 15 is 0 Å². The van der Waals surface area contributed by atoms with Crippen molar-refractivity contribution in [3.63, 3.8) is 0 Å². The minimum Gasteiger partial charge on any atom is -0.452 e. The Morgan fingerprint density at radius 2 is 1.90 bits per heavy atom. The number of fused-ring (bicyclic) bond motifs is 1. The van der Waals surface area contributed by atoms with Crippen LogP contribution in [0.4, 0.5) is 0 Å². The van der Waals surface area contributed by atoms with E-state index in [1.165, 1.54) is 0 Å². The number of pyridine rings is 1. The maximum atomic E-state index is 12.9. The summed E-state index contributed by atoms with van der Waals surface area (Å²) in [5.41, 5.74) is 2.49. The molecule has 0 saturated heterocycles. The molecule has 3 rings (SSSR count). The zero-order valence-electron chi connectivity index (χ0n) is 17.9. The Morgan fingerprint density at radius 3 is 2.57 bits per heavy atom. The van der Waals surface area contributed by atoms with Gasteiger partial charge in [0, 0.05) is 17.6 Å². The Kier molecular flexibility index (Phi) is 6.82. The molecule has 7 nitrogen and oxygen atoms in total. The molecule has 2 heterocycles. The molecule has 1 N–H and O–H groups in total. The SMILES string of the molecule is CCCC(C)NC(=O)COC(=O)c1cc(-c2ccccc2)nc2c1cnn2C(C)C. The van der Waals surface area contributed by atoms with Crippen molar-refractivity contribution >= 4 is 22.9 Å². The molecule has 7 heteroatoms. The smallest absolute Gasteiger partial charge is 0.339 e. The van der Waals surface area contributed by atoms with Crippen LogP contribution in [0.3, 0.4) is 0 Å². The van der Waals surface area contributed by atoms with Gasteiger partial charge in [-0.2, -0.15) is 5.10 Å². The van der Waals surface area contributed by atoms with Crippen molar-refractivity contribution in [1.82, 2.24) is 20.1 Å². The Hall–Kier alpha value is -3.22. The first-order valence-electron chi connectivity index (χ1n) is 10.3. The second-order valence-corrected chi connectivity index (χ2v) is 7.67. The van der Waals surface area contributed by atoms with Gasteiger partial charge < -0.3 is 10.1 Å². The maximum absolute atomic E-state index is 12.9. The summed E-state index contributed by atoms with van der Waals surface area (Å²) in [6.45, 7) is 7.67. The van der Waals surface area contributed by atoms with Gasteiger partial charge in [0.1, 0.15) is 0 Å². The highest BCUT2D eigenvalue weighted by atomic mass is 16.5. The number of nitrogens with one attached hydrogen (secondary N) is 1. The van der Waals surface area contributed by atoms with Gasteiger partial charge in [-0.3, -0.25) is 4.79 Å². The van der Waals surface area contributed by atoms with Gasteiger partial charge >= 0.3 is 5.97 Å². The van der Waals surface area contributed by atoms with Crippen LogP contribution >= 0.6 is 0 Å². The highest BCUT2D eigenvalue weighted by Crippen LogP contribution is 2.26. The van der Waals surface area contributed by atoms with E-state index in [1.54, 1.807) is 16.9 Å². The largest absolute Gasteiger partial charge is 0.452 e. The summed E-state index contributed by atoms with van der Waals surface area (Å²) in [7, 11) is 0. The van der Waals surface area contributed by atoms with Crippen molar-refractivity contribution in [2.45, 2.75) is 52.6 Å². The zero-order chi connectivity index (χ0) is 21.7. The first-order valence-corrected chi connectivity index (χ1v) is 10.3. The highest BCUT2D eigenvalue weighted by molar-refractivity contribution is 6.04. The summed E-state index contributed by atoms with van der Waals surface area (Å²) in [5, 5.41) is 7.84. The third-order valence-electron chi connectivity index (χ3n) is 4.81. The van der Waals surface area contributed by atoms with E-state index < -0.39 is 5.97 Å². The Bertz CT molecular complexity index is 1030. The lowest BCUT2D eigenvalue weighted by atomic mass is 10.1. The lowest BCUT2D eigenvalue weighted by molar-refractivity contribution is -0.124. The Balaban J connectivity index is 1.90. The predicted molar refractivity (Wildman–Crippen MR) is 116 cm³/mol.